The summed E-state index contributed by atoms with van der Waals surface area (Å²) < 4.78 is 10.8. The zero-order valence-electron chi connectivity index (χ0n) is 20.5. The Bertz CT molecular complexity index is 1440. The van der Waals surface area contributed by atoms with Crippen molar-refractivity contribution in [2.24, 2.45) is 0 Å². The Balaban J connectivity index is 1.68. The lowest BCUT2D eigenvalue weighted by Gasteiger charge is -2.31. The Morgan fingerprint density at radius 2 is 1.92 bits per heavy atom. The Labute approximate surface area is 224 Å². The van der Waals surface area contributed by atoms with E-state index in [0.29, 0.717) is 31.0 Å². The monoisotopic (exact) mass is 538 g/mol. The zero-order chi connectivity index (χ0) is 26.7. The van der Waals surface area contributed by atoms with Gasteiger partial charge in [0.15, 0.2) is 0 Å². The van der Waals surface area contributed by atoms with Gasteiger partial charge in [-0.3, -0.25) is 4.79 Å². The molecule has 1 aliphatic heterocycles. The summed E-state index contributed by atoms with van der Waals surface area (Å²) in [7, 11) is 1.14. The van der Waals surface area contributed by atoms with E-state index in [2.05, 4.69) is 14.5 Å². The second kappa shape index (κ2) is 11.1. The lowest BCUT2D eigenvalue weighted by Crippen LogP contribution is -2.38. The number of rotatable bonds is 7. The maximum Gasteiger partial charge on any atom is 0.422 e. The van der Waals surface area contributed by atoms with Crippen LogP contribution < -0.4 is 4.74 Å². The van der Waals surface area contributed by atoms with E-state index in [-0.39, 0.29) is 33.6 Å². The number of esters is 1. The average molecular weight is 539 g/mol. The number of pyridine rings is 1. The molecule has 0 bridgehead atoms. The SMILES string of the molecule is COC(=O)C(=[N+]=[N-])c1cc(Cl)c2c(c1Cl)C(=O)N(Cc1c(C)cc(C)nc1OCc1ccccc1)CC2. The first-order valence-corrected chi connectivity index (χ1v) is 12.3. The molecule has 0 spiro atoms. The van der Waals surface area contributed by atoms with E-state index in [1.807, 2.05) is 50.2 Å². The van der Waals surface area contributed by atoms with Crippen LogP contribution in [0.5, 0.6) is 5.88 Å². The highest BCUT2D eigenvalue weighted by Gasteiger charge is 2.35. The van der Waals surface area contributed by atoms with Crippen molar-refractivity contribution in [2.75, 3.05) is 13.7 Å². The first kappa shape index (κ1) is 26.4. The van der Waals surface area contributed by atoms with Crippen molar-refractivity contribution in [1.82, 2.24) is 9.88 Å². The summed E-state index contributed by atoms with van der Waals surface area (Å²) >= 11 is 13.1. The quantitative estimate of drug-likeness (QED) is 0.182. The molecule has 3 aromatic rings. The predicted octanol–water partition coefficient (Wildman–Crippen LogP) is 4.97. The Morgan fingerprint density at radius 3 is 2.59 bits per heavy atom. The fraction of sp³-hybridized carbons (Fsp3) is 0.259. The predicted molar refractivity (Wildman–Crippen MR) is 139 cm³/mol. The van der Waals surface area contributed by atoms with Gasteiger partial charge in [-0.05, 0) is 49.1 Å². The van der Waals surface area contributed by atoms with Crippen molar-refractivity contribution >= 4 is 40.8 Å². The van der Waals surface area contributed by atoms with Gasteiger partial charge in [-0.1, -0.05) is 53.5 Å². The third-order valence-corrected chi connectivity index (χ3v) is 6.92. The minimum absolute atomic E-state index is 0.00929. The van der Waals surface area contributed by atoms with Crippen LogP contribution in [0.1, 0.15) is 43.9 Å². The van der Waals surface area contributed by atoms with Crippen LogP contribution in [-0.4, -0.2) is 45.9 Å². The lowest BCUT2D eigenvalue weighted by molar-refractivity contribution is -0.137. The topological polar surface area (TPSA) is 105 Å². The highest BCUT2D eigenvalue weighted by atomic mass is 35.5. The number of halogens is 2. The van der Waals surface area contributed by atoms with E-state index >= 15 is 0 Å². The molecule has 0 radical (unpaired) electrons. The highest BCUT2D eigenvalue weighted by molar-refractivity contribution is 6.47. The van der Waals surface area contributed by atoms with Gasteiger partial charge in [0.25, 0.3) is 5.91 Å². The van der Waals surface area contributed by atoms with Crippen molar-refractivity contribution in [2.45, 2.75) is 33.4 Å². The molecule has 8 nitrogen and oxygen atoms in total. The van der Waals surface area contributed by atoms with Crippen LogP contribution in [0.25, 0.3) is 5.53 Å². The minimum Gasteiger partial charge on any atom is -0.473 e. The molecule has 0 saturated carbocycles. The maximum absolute atomic E-state index is 13.7. The number of benzene rings is 2. The standard InChI is InChI=1S/C27H24Cl2N4O4/c1-15-11-16(2)31-25(37-14-17-7-5-4-6-8-17)20(15)13-33-10-9-18-21(28)12-19(23(29)22(18)26(33)34)24(32-30)27(35)36-3/h4-8,11-12H,9-10,13-14H2,1-3H3. The molecule has 2 heterocycles. The molecule has 0 saturated heterocycles. The number of carbonyl (C=O) groups is 2. The second-order valence-electron chi connectivity index (χ2n) is 8.63. The number of hydrogen-bond donors (Lipinski definition) is 0. The van der Waals surface area contributed by atoms with Gasteiger partial charge < -0.3 is 19.9 Å². The molecule has 0 N–H and O–H groups in total. The third-order valence-electron chi connectivity index (χ3n) is 6.19. The molecule has 10 heteroatoms. The number of hydrogen-bond acceptors (Lipinski definition) is 5. The number of methoxy groups -OCH3 is 1. The normalized spacial score (nSPS) is 12.6. The minimum atomic E-state index is -0.915. The molecule has 2 aromatic carbocycles. The van der Waals surface area contributed by atoms with E-state index in [1.54, 1.807) is 4.90 Å². The van der Waals surface area contributed by atoms with Crippen LogP contribution >= 0.6 is 23.2 Å². The van der Waals surface area contributed by atoms with Crippen LogP contribution in [0.4, 0.5) is 0 Å². The summed E-state index contributed by atoms with van der Waals surface area (Å²) in [6, 6.07) is 13.1. The Kier molecular flexibility index (Phi) is 7.93. The fourth-order valence-electron chi connectivity index (χ4n) is 4.32. The van der Waals surface area contributed by atoms with Gasteiger partial charge in [-0.2, -0.15) is 4.79 Å². The first-order chi connectivity index (χ1) is 17.7. The lowest BCUT2D eigenvalue weighted by atomic mass is 9.94. The summed E-state index contributed by atoms with van der Waals surface area (Å²) in [6.45, 7) is 4.80. The van der Waals surface area contributed by atoms with Gasteiger partial charge in [0.2, 0.25) is 5.88 Å². The molecule has 1 aliphatic rings. The van der Waals surface area contributed by atoms with E-state index in [9.17, 15) is 15.1 Å². The summed E-state index contributed by atoms with van der Waals surface area (Å²) in [6.07, 6.45) is 0.447. The molecule has 1 aromatic heterocycles. The first-order valence-electron chi connectivity index (χ1n) is 11.5. The van der Waals surface area contributed by atoms with Gasteiger partial charge >= 0.3 is 11.7 Å². The number of aryl methyl sites for hydroxylation is 2. The van der Waals surface area contributed by atoms with Crippen LogP contribution in [0.3, 0.4) is 0 Å². The zero-order valence-corrected chi connectivity index (χ0v) is 22.1. The van der Waals surface area contributed by atoms with Gasteiger partial charge in [0.05, 0.1) is 29.8 Å². The van der Waals surface area contributed by atoms with E-state index in [4.69, 9.17) is 27.9 Å². The van der Waals surface area contributed by atoms with E-state index < -0.39 is 11.7 Å². The fourth-order valence-corrected chi connectivity index (χ4v) is 4.96. The summed E-state index contributed by atoms with van der Waals surface area (Å²) in [5, 5.41) is 0.208. The summed E-state index contributed by atoms with van der Waals surface area (Å²) in [5.74, 6) is -0.827. The van der Waals surface area contributed by atoms with Gasteiger partial charge in [-0.15, -0.1) is 0 Å². The molecule has 37 heavy (non-hydrogen) atoms. The van der Waals surface area contributed by atoms with Gasteiger partial charge in [0.1, 0.15) is 6.61 Å². The number of amides is 1. The largest absolute Gasteiger partial charge is 0.473 e. The highest BCUT2D eigenvalue weighted by Crippen LogP contribution is 2.36. The Hall–Kier alpha value is -3.71. The third kappa shape index (κ3) is 5.37. The number of aromatic nitrogens is 1. The molecule has 0 unspecified atom stereocenters. The van der Waals surface area contributed by atoms with Crippen molar-refractivity contribution in [3.8, 4) is 5.88 Å². The van der Waals surface area contributed by atoms with Gasteiger partial charge in [-0.25, -0.2) is 9.78 Å². The van der Waals surface area contributed by atoms with Crippen molar-refractivity contribution in [3.05, 3.63) is 97.1 Å². The number of ether oxygens (including phenoxy) is 2. The summed E-state index contributed by atoms with van der Waals surface area (Å²) in [5.41, 5.74) is 13.2. The second-order valence-corrected chi connectivity index (χ2v) is 9.41. The summed E-state index contributed by atoms with van der Waals surface area (Å²) in [4.78, 5) is 35.0. The van der Waals surface area contributed by atoms with E-state index in [1.165, 1.54) is 6.07 Å². The smallest absolute Gasteiger partial charge is 0.422 e. The molecule has 0 fully saturated rings. The van der Waals surface area contributed by atoms with Crippen molar-refractivity contribution in [1.29, 1.82) is 0 Å². The Morgan fingerprint density at radius 1 is 1.19 bits per heavy atom. The van der Waals surface area contributed by atoms with Crippen LogP contribution in [0.15, 0.2) is 42.5 Å². The molecular weight excluding hydrogens is 515 g/mol. The molecule has 4 rings (SSSR count). The maximum atomic E-state index is 13.7. The van der Waals surface area contributed by atoms with Crippen LogP contribution in [0.2, 0.25) is 10.0 Å². The molecular formula is C27H24Cl2N4O4. The van der Waals surface area contributed by atoms with Crippen molar-refractivity contribution < 1.29 is 23.9 Å². The average Bonchev–Trinajstić information content (AvgIpc) is 2.89. The number of nitrogens with zero attached hydrogens (tertiary/aromatic N) is 4. The van der Waals surface area contributed by atoms with Gasteiger partial charge in [0, 0.05) is 22.8 Å². The number of fused-ring (bicyclic) bond motifs is 1. The molecule has 190 valence electrons. The molecule has 0 aliphatic carbocycles. The van der Waals surface area contributed by atoms with Crippen LogP contribution in [0, 0.1) is 13.8 Å². The van der Waals surface area contributed by atoms with Crippen LogP contribution in [-0.2, 0) is 29.1 Å². The molecule has 1 amide bonds. The van der Waals surface area contributed by atoms with E-state index in [0.717, 1.165) is 29.5 Å². The van der Waals surface area contributed by atoms with Crippen molar-refractivity contribution in [3.63, 3.8) is 0 Å². The number of carbonyl (C=O) groups excluding carboxylic acids is 2. The molecule has 0 atom stereocenters.